The first-order chi connectivity index (χ1) is 6.97. The van der Waals surface area contributed by atoms with E-state index >= 15 is 0 Å². The van der Waals surface area contributed by atoms with E-state index in [0.29, 0.717) is 5.41 Å². The van der Waals surface area contributed by atoms with Crippen LogP contribution in [-0.4, -0.2) is 11.2 Å². The van der Waals surface area contributed by atoms with Gasteiger partial charge < -0.3 is 9.52 Å². The largest absolute Gasteiger partial charge is 0.469 e. The Kier molecular flexibility index (Phi) is 4.40. The minimum absolute atomic E-state index is 0.200. The van der Waals surface area contributed by atoms with Crippen molar-refractivity contribution in [2.75, 3.05) is 0 Å². The van der Waals surface area contributed by atoms with Gasteiger partial charge in [-0.15, -0.1) is 0 Å². The lowest BCUT2D eigenvalue weighted by Gasteiger charge is -2.20. The smallest absolute Gasteiger partial charge is 0.103 e. The molecule has 2 heteroatoms. The van der Waals surface area contributed by atoms with E-state index in [0.717, 1.165) is 31.4 Å². The standard InChI is InChI=1S/C13H22O2/c1-13(2,3)9-8-11(14)6-7-12-5-4-10-15-12/h4-5,10-11,14H,6-9H2,1-3H3. The van der Waals surface area contributed by atoms with E-state index in [1.807, 2.05) is 12.1 Å². The maximum absolute atomic E-state index is 9.77. The molecule has 0 fully saturated rings. The lowest BCUT2D eigenvalue weighted by Crippen LogP contribution is -2.13. The summed E-state index contributed by atoms with van der Waals surface area (Å²) < 4.78 is 5.22. The molecule has 1 aromatic rings. The molecule has 0 saturated heterocycles. The summed E-state index contributed by atoms with van der Waals surface area (Å²) in [6.07, 6.45) is 5.05. The predicted molar refractivity (Wildman–Crippen MR) is 61.7 cm³/mol. The summed E-state index contributed by atoms with van der Waals surface area (Å²) >= 11 is 0. The molecule has 1 N–H and O–H groups in total. The molecule has 15 heavy (non-hydrogen) atoms. The van der Waals surface area contributed by atoms with Crippen LogP contribution in [0.2, 0.25) is 0 Å². The van der Waals surface area contributed by atoms with Crippen LogP contribution in [0.5, 0.6) is 0 Å². The second-order valence-electron chi connectivity index (χ2n) is 5.37. The zero-order valence-corrected chi connectivity index (χ0v) is 9.99. The van der Waals surface area contributed by atoms with Crippen LogP contribution in [0.3, 0.4) is 0 Å². The molecular weight excluding hydrogens is 188 g/mol. The third-order valence-electron chi connectivity index (χ3n) is 2.53. The molecule has 1 aromatic heterocycles. The molecule has 0 aromatic carbocycles. The highest BCUT2D eigenvalue weighted by molar-refractivity contribution is 4.98. The molecule has 0 spiro atoms. The average Bonchev–Trinajstić information content (AvgIpc) is 2.62. The van der Waals surface area contributed by atoms with E-state index in [1.165, 1.54) is 0 Å². The molecule has 1 unspecified atom stereocenters. The van der Waals surface area contributed by atoms with E-state index in [1.54, 1.807) is 6.26 Å². The second-order valence-corrected chi connectivity index (χ2v) is 5.37. The number of rotatable bonds is 5. The Labute approximate surface area is 92.3 Å². The molecule has 0 aliphatic heterocycles. The summed E-state index contributed by atoms with van der Waals surface area (Å²) in [6.45, 7) is 6.60. The van der Waals surface area contributed by atoms with Crippen LogP contribution in [-0.2, 0) is 6.42 Å². The van der Waals surface area contributed by atoms with E-state index < -0.39 is 0 Å². The predicted octanol–water partition coefficient (Wildman–Crippen LogP) is 3.40. The fourth-order valence-electron chi connectivity index (χ4n) is 1.51. The molecule has 0 aliphatic rings. The Morgan fingerprint density at radius 1 is 1.33 bits per heavy atom. The SMILES string of the molecule is CC(C)(C)CCC(O)CCc1ccco1. The first-order valence-electron chi connectivity index (χ1n) is 5.68. The van der Waals surface area contributed by atoms with Gasteiger partial charge in [0.15, 0.2) is 0 Å². The van der Waals surface area contributed by atoms with Crippen molar-refractivity contribution in [3.8, 4) is 0 Å². The van der Waals surface area contributed by atoms with Crippen LogP contribution in [0.1, 0.15) is 45.8 Å². The second kappa shape index (κ2) is 5.36. The first-order valence-corrected chi connectivity index (χ1v) is 5.68. The molecule has 1 rings (SSSR count). The van der Waals surface area contributed by atoms with Crippen molar-refractivity contribution in [2.45, 2.75) is 52.6 Å². The lowest BCUT2D eigenvalue weighted by atomic mass is 9.88. The maximum Gasteiger partial charge on any atom is 0.103 e. The van der Waals surface area contributed by atoms with E-state index in [9.17, 15) is 5.11 Å². The lowest BCUT2D eigenvalue weighted by molar-refractivity contribution is 0.135. The number of aliphatic hydroxyl groups is 1. The summed E-state index contributed by atoms with van der Waals surface area (Å²) in [7, 11) is 0. The van der Waals surface area contributed by atoms with Gasteiger partial charge in [-0.05, 0) is 36.8 Å². The normalized spacial score (nSPS) is 14.1. The fourth-order valence-corrected chi connectivity index (χ4v) is 1.51. The Balaban J connectivity index is 2.16. The van der Waals surface area contributed by atoms with Gasteiger partial charge in [0.1, 0.15) is 5.76 Å². The van der Waals surface area contributed by atoms with Crippen LogP contribution in [0, 0.1) is 5.41 Å². The van der Waals surface area contributed by atoms with Gasteiger partial charge in [0, 0.05) is 6.42 Å². The zero-order chi connectivity index (χ0) is 11.3. The van der Waals surface area contributed by atoms with Crippen molar-refractivity contribution in [2.24, 2.45) is 5.41 Å². The summed E-state index contributed by atoms with van der Waals surface area (Å²) in [5.74, 6) is 0.963. The number of hydrogen-bond donors (Lipinski definition) is 1. The highest BCUT2D eigenvalue weighted by Gasteiger charge is 2.13. The van der Waals surface area contributed by atoms with Gasteiger partial charge in [0.25, 0.3) is 0 Å². The van der Waals surface area contributed by atoms with Gasteiger partial charge in [-0.3, -0.25) is 0 Å². The Bertz CT molecular complexity index is 257. The zero-order valence-electron chi connectivity index (χ0n) is 9.99. The van der Waals surface area contributed by atoms with Crippen molar-refractivity contribution in [3.63, 3.8) is 0 Å². The molecule has 1 atom stereocenters. The molecule has 2 nitrogen and oxygen atoms in total. The average molecular weight is 210 g/mol. The van der Waals surface area contributed by atoms with Crippen molar-refractivity contribution in [1.82, 2.24) is 0 Å². The van der Waals surface area contributed by atoms with Gasteiger partial charge in [0.2, 0.25) is 0 Å². The van der Waals surface area contributed by atoms with Gasteiger partial charge >= 0.3 is 0 Å². The van der Waals surface area contributed by atoms with E-state index in [4.69, 9.17) is 4.42 Å². The molecular formula is C13H22O2. The summed E-state index contributed by atoms with van der Waals surface area (Å²) in [5, 5.41) is 9.77. The maximum atomic E-state index is 9.77. The summed E-state index contributed by atoms with van der Waals surface area (Å²) in [4.78, 5) is 0. The van der Waals surface area contributed by atoms with Crippen LogP contribution >= 0.6 is 0 Å². The highest BCUT2D eigenvalue weighted by atomic mass is 16.3. The van der Waals surface area contributed by atoms with Crippen molar-refractivity contribution >= 4 is 0 Å². The van der Waals surface area contributed by atoms with Crippen LogP contribution in [0.4, 0.5) is 0 Å². The van der Waals surface area contributed by atoms with Gasteiger partial charge in [-0.2, -0.15) is 0 Å². The molecule has 86 valence electrons. The molecule has 0 bridgehead atoms. The Morgan fingerprint density at radius 3 is 2.60 bits per heavy atom. The third-order valence-corrected chi connectivity index (χ3v) is 2.53. The molecule has 0 saturated carbocycles. The summed E-state index contributed by atoms with van der Waals surface area (Å²) in [6, 6.07) is 3.84. The van der Waals surface area contributed by atoms with Crippen molar-refractivity contribution in [3.05, 3.63) is 24.2 Å². The van der Waals surface area contributed by atoms with Crippen LogP contribution < -0.4 is 0 Å². The highest BCUT2D eigenvalue weighted by Crippen LogP contribution is 2.22. The van der Waals surface area contributed by atoms with Gasteiger partial charge in [0.05, 0.1) is 12.4 Å². The molecule has 0 amide bonds. The van der Waals surface area contributed by atoms with Gasteiger partial charge in [-0.25, -0.2) is 0 Å². The Morgan fingerprint density at radius 2 is 2.07 bits per heavy atom. The summed E-state index contributed by atoms with van der Waals surface area (Å²) in [5.41, 5.74) is 0.311. The first kappa shape index (κ1) is 12.3. The van der Waals surface area contributed by atoms with Crippen LogP contribution in [0.15, 0.2) is 22.8 Å². The monoisotopic (exact) mass is 210 g/mol. The van der Waals surface area contributed by atoms with E-state index in [-0.39, 0.29) is 6.10 Å². The number of aryl methyl sites for hydroxylation is 1. The topological polar surface area (TPSA) is 33.4 Å². The fraction of sp³-hybridized carbons (Fsp3) is 0.692. The van der Waals surface area contributed by atoms with E-state index in [2.05, 4.69) is 20.8 Å². The number of aliphatic hydroxyl groups excluding tert-OH is 1. The third kappa shape index (κ3) is 5.63. The quantitative estimate of drug-likeness (QED) is 0.808. The van der Waals surface area contributed by atoms with Crippen molar-refractivity contribution in [1.29, 1.82) is 0 Å². The molecule has 0 radical (unpaired) electrons. The minimum Gasteiger partial charge on any atom is -0.469 e. The molecule has 0 aliphatic carbocycles. The Hall–Kier alpha value is -0.760. The minimum atomic E-state index is -0.200. The van der Waals surface area contributed by atoms with Gasteiger partial charge in [-0.1, -0.05) is 20.8 Å². The number of hydrogen-bond acceptors (Lipinski definition) is 2. The van der Waals surface area contributed by atoms with Crippen LogP contribution in [0.25, 0.3) is 0 Å². The van der Waals surface area contributed by atoms with Crippen molar-refractivity contribution < 1.29 is 9.52 Å². The number of furan rings is 1. The molecule has 1 heterocycles.